The third-order valence-corrected chi connectivity index (χ3v) is 8.38. The molecular weight excluding hydrogens is 420 g/mol. The molecule has 1 aliphatic rings. The number of amides is 1. The monoisotopic (exact) mass is 442 g/mol. The van der Waals surface area contributed by atoms with E-state index in [1.54, 1.807) is 44.4 Å². The minimum atomic E-state index is -3.49. The number of nitrogen functional groups attached to an aromatic ring is 1. The van der Waals surface area contributed by atoms with Gasteiger partial charge in [0.2, 0.25) is 10.0 Å². The van der Waals surface area contributed by atoms with Crippen LogP contribution in [0.25, 0.3) is 21.6 Å². The van der Waals surface area contributed by atoms with Crippen LogP contribution >= 0.6 is 11.3 Å². The fourth-order valence-corrected chi connectivity index (χ4v) is 5.66. The maximum Gasteiger partial charge on any atom is 0.261 e. The molecule has 3 N–H and O–H groups in total. The van der Waals surface area contributed by atoms with E-state index in [1.807, 2.05) is 12.1 Å². The van der Waals surface area contributed by atoms with Crippen molar-refractivity contribution in [2.45, 2.75) is 18.2 Å². The number of carbonyl (C=O) groups excluding carboxylic acids is 1. The molecule has 156 valence electrons. The molecule has 1 aliphatic heterocycles. The van der Waals surface area contributed by atoms with Crippen LogP contribution in [0.5, 0.6) is 0 Å². The molecule has 0 unspecified atom stereocenters. The molecule has 1 amide bonds. The molecule has 0 aliphatic carbocycles. The molecule has 9 heteroatoms. The summed E-state index contributed by atoms with van der Waals surface area (Å²) in [5, 5.41) is 2.86. The number of hydrogen-bond donors (Lipinski definition) is 2. The van der Waals surface area contributed by atoms with Crippen molar-refractivity contribution in [3.05, 3.63) is 53.0 Å². The molecule has 2 aromatic heterocycles. The van der Waals surface area contributed by atoms with Gasteiger partial charge in [0, 0.05) is 42.3 Å². The fraction of sp³-hybridized carbons (Fsp3) is 0.238. The smallest absolute Gasteiger partial charge is 0.261 e. The van der Waals surface area contributed by atoms with Crippen molar-refractivity contribution in [1.82, 2.24) is 14.6 Å². The van der Waals surface area contributed by atoms with Crippen LogP contribution in [0.3, 0.4) is 0 Å². The molecule has 0 fully saturated rings. The first-order valence-electron chi connectivity index (χ1n) is 9.55. The summed E-state index contributed by atoms with van der Waals surface area (Å²) in [6.45, 7) is 2.83. The third kappa shape index (κ3) is 3.60. The van der Waals surface area contributed by atoms with Gasteiger partial charge in [0.1, 0.15) is 5.82 Å². The number of sulfonamides is 1. The number of carbonyl (C=O) groups is 1. The van der Waals surface area contributed by atoms with Gasteiger partial charge in [0.05, 0.1) is 9.77 Å². The lowest BCUT2D eigenvalue weighted by atomic mass is 10.0. The van der Waals surface area contributed by atoms with Gasteiger partial charge in [-0.3, -0.25) is 4.79 Å². The number of pyridine rings is 1. The summed E-state index contributed by atoms with van der Waals surface area (Å²) in [5.41, 5.74) is 9.58. The van der Waals surface area contributed by atoms with Crippen LogP contribution in [-0.2, 0) is 16.4 Å². The molecule has 3 aromatic rings. The van der Waals surface area contributed by atoms with Crippen molar-refractivity contribution >= 4 is 33.1 Å². The van der Waals surface area contributed by atoms with Crippen molar-refractivity contribution in [2.24, 2.45) is 0 Å². The van der Waals surface area contributed by atoms with E-state index in [0.717, 1.165) is 38.4 Å². The van der Waals surface area contributed by atoms with E-state index < -0.39 is 10.0 Å². The van der Waals surface area contributed by atoms with Gasteiger partial charge in [-0.25, -0.2) is 17.7 Å². The number of aromatic nitrogens is 1. The zero-order valence-electron chi connectivity index (χ0n) is 16.7. The second-order valence-electron chi connectivity index (χ2n) is 7.07. The summed E-state index contributed by atoms with van der Waals surface area (Å²) in [4.78, 5) is 18.3. The number of nitrogens with two attached hydrogens (primary N) is 1. The molecule has 0 bridgehead atoms. The maximum absolute atomic E-state index is 12.5. The average molecular weight is 443 g/mol. The Morgan fingerprint density at radius 2 is 1.93 bits per heavy atom. The van der Waals surface area contributed by atoms with Crippen molar-refractivity contribution in [1.29, 1.82) is 0 Å². The van der Waals surface area contributed by atoms with Gasteiger partial charge in [-0.1, -0.05) is 19.1 Å². The van der Waals surface area contributed by atoms with E-state index in [1.165, 1.54) is 15.6 Å². The highest BCUT2D eigenvalue weighted by molar-refractivity contribution is 7.89. The molecule has 4 rings (SSSR count). The van der Waals surface area contributed by atoms with E-state index >= 15 is 0 Å². The van der Waals surface area contributed by atoms with E-state index in [0.29, 0.717) is 18.9 Å². The third-order valence-electron chi connectivity index (χ3n) is 5.22. The van der Waals surface area contributed by atoms with E-state index in [2.05, 4.69) is 10.3 Å². The first kappa shape index (κ1) is 20.5. The predicted octanol–water partition coefficient (Wildman–Crippen LogP) is 2.99. The molecular formula is C21H22N4O3S2. The van der Waals surface area contributed by atoms with Gasteiger partial charge in [-0.2, -0.15) is 0 Å². The van der Waals surface area contributed by atoms with Crippen molar-refractivity contribution in [2.75, 3.05) is 25.9 Å². The minimum absolute atomic E-state index is 0.0518. The number of rotatable bonds is 5. The van der Waals surface area contributed by atoms with E-state index in [-0.39, 0.29) is 10.8 Å². The first-order chi connectivity index (χ1) is 14.3. The second-order valence-corrected chi connectivity index (χ2v) is 10.2. The number of hydrogen-bond acceptors (Lipinski definition) is 6. The van der Waals surface area contributed by atoms with Gasteiger partial charge in [0.15, 0.2) is 0 Å². The Morgan fingerprint density at radius 3 is 2.60 bits per heavy atom. The molecule has 0 saturated heterocycles. The summed E-state index contributed by atoms with van der Waals surface area (Å²) in [6, 6.07) is 10.7. The van der Waals surface area contributed by atoms with Gasteiger partial charge in [0.25, 0.3) is 5.91 Å². The Bertz CT molecular complexity index is 1220. The van der Waals surface area contributed by atoms with Crippen LogP contribution in [0.2, 0.25) is 0 Å². The Balaban J connectivity index is 1.70. The zero-order valence-corrected chi connectivity index (χ0v) is 18.3. The number of anilines is 1. The molecule has 7 nitrogen and oxygen atoms in total. The number of benzene rings is 1. The lowest BCUT2D eigenvalue weighted by Gasteiger charge is -2.15. The van der Waals surface area contributed by atoms with Crippen LogP contribution in [-0.4, -0.2) is 43.8 Å². The maximum atomic E-state index is 12.5. The molecule has 0 spiro atoms. The van der Waals surface area contributed by atoms with Gasteiger partial charge >= 0.3 is 0 Å². The van der Waals surface area contributed by atoms with Gasteiger partial charge in [-0.15, -0.1) is 11.3 Å². The summed E-state index contributed by atoms with van der Waals surface area (Å²) >= 11 is 1.41. The van der Waals surface area contributed by atoms with Crippen LogP contribution in [0.15, 0.2) is 47.5 Å². The topological polar surface area (TPSA) is 105 Å². The van der Waals surface area contributed by atoms with Gasteiger partial charge in [-0.05, 0) is 41.8 Å². The SMILES string of the molecule is CCN(C)S(=O)(=O)c1ccc(-c2cnc(N)c(-c3cc4c(s3)C(=O)NCC4)c2)cc1. The quantitative estimate of drug-likeness (QED) is 0.632. The molecule has 30 heavy (non-hydrogen) atoms. The molecule has 0 atom stereocenters. The summed E-state index contributed by atoms with van der Waals surface area (Å²) in [5.74, 6) is 0.338. The molecule has 0 saturated carbocycles. The van der Waals surface area contributed by atoms with Crippen molar-refractivity contribution < 1.29 is 13.2 Å². The highest BCUT2D eigenvalue weighted by atomic mass is 32.2. The van der Waals surface area contributed by atoms with Crippen molar-refractivity contribution in [3.8, 4) is 21.6 Å². The predicted molar refractivity (Wildman–Crippen MR) is 119 cm³/mol. The first-order valence-corrected chi connectivity index (χ1v) is 11.8. The normalized spacial score (nSPS) is 13.9. The molecule has 3 heterocycles. The Kier molecular flexibility index (Phi) is 5.35. The van der Waals surface area contributed by atoms with Gasteiger partial charge < -0.3 is 11.1 Å². The lowest BCUT2D eigenvalue weighted by Crippen LogP contribution is -2.30. The summed E-state index contributed by atoms with van der Waals surface area (Å²) in [6.07, 6.45) is 2.47. The molecule has 0 radical (unpaired) electrons. The van der Waals surface area contributed by atoms with Crippen LogP contribution in [0, 0.1) is 0 Å². The van der Waals surface area contributed by atoms with E-state index in [4.69, 9.17) is 5.73 Å². The number of nitrogens with one attached hydrogen (secondary N) is 1. The number of thiophene rings is 1. The summed E-state index contributed by atoms with van der Waals surface area (Å²) in [7, 11) is -1.94. The fourth-order valence-electron chi connectivity index (χ4n) is 3.33. The largest absolute Gasteiger partial charge is 0.383 e. The highest BCUT2D eigenvalue weighted by Crippen LogP contribution is 2.37. The standard InChI is InChI=1S/C21H22N4O3S2/c1-3-25(2)30(27,28)16-6-4-13(5-7-16)15-10-17(20(22)24-12-15)18-11-14-8-9-23-21(26)19(14)29-18/h4-7,10-12H,3,8-9H2,1-2H3,(H2,22,24)(H,23,26). The lowest BCUT2D eigenvalue weighted by molar-refractivity contribution is 0.0950. The Morgan fingerprint density at radius 1 is 1.20 bits per heavy atom. The minimum Gasteiger partial charge on any atom is -0.383 e. The Hall–Kier alpha value is -2.75. The zero-order chi connectivity index (χ0) is 21.5. The number of fused-ring (bicyclic) bond motifs is 1. The van der Waals surface area contributed by atoms with Crippen molar-refractivity contribution in [3.63, 3.8) is 0 Å². The highest BCUT2D eigenvalue weighted by Gasteiger charge is 2.22. The van der Waals surface area contributed by atoms with Crippen LogP contribution in [0.4, 0.5) is 5.82 Å². The molecule has 1 aromatic carbocycles. The Labute approximate surface area is 179 Å². The average Bonchev–Trinajstić information content (AvgIpc) is 3.19. The second kappa shape index (κ2) is 7.82. The van der Waals surface area contributed by atoms with Crippen LogP contribution < -0.4 is 11.1 Å². The van der Waals surface area contributed by atoms with Crippen LogP contribution in [0.1, 0.15) is 22.2 Å². The number of nitrogens with zero attached hydrogens (tertiary/aromatic N) is 2. The summed E-state index contributed by atoms with van der Waals surface area (Å²) < 4.78 is 26.3. The van der Waals surface area contributed by atoms with E-state index in [9.17, 15) is 13.2 Å².